The fourth-order valence-electron chi connectivity index (χ4n) is 2.51. The second kappa shape index (κ2) is 7.21. The molecule has 4 heteroatoms. The zero-order valence-corrected chi connectivity index (χ0v) is 14.3. The van der Waals surface area contributed by atoms with Crippen LogP contribution in [0.3, 0.4) is 0 Å². The normalized spacial score (nSPS) is 10.6. The number of hydrogen-bond acceptors (Lipinski definition) is 4. The lowest BCUT2D eigenvalue weighted by atomic mass is 10.2. The molecule has 0 amide bonds. The Hall–Kier alpha value is -2.75. The molecule has 0 aliphatic carbocycles. The molecule has 3 rings (SSSR count). The van der Waals surface area contributed by atoms with E-state index in [1.807, 2.05) is 31.2 Å². The molecule has 0 atom stereocenters. The van der Waals surface area contributed by atoms with Crippen LogP contribution in [0.5, 0.6) is 5.75 Å². The van der Waals surface area contributed by atoms with Crippen molar-refractivity contribution in [2.45, 2.75) is 20.4 Å². The molecule has 1 aromatic heterocycles. The highest BCUT2D eigenvalue weighted by molar-refractivity contribution is 5.55. The summed E-state index contributed by atoms with van der Waals surface area (Å²) in [7, 11) is 2.05. The summed E-state index contributed by atoms with van der Waals surface area (Å²) < 4.78 is 11.1. The second-order valence-electron chi connectivity index (χ2n) is 5.79. The van der Waals surface area contributed by atoms with Gasteiger partial charge in [0.15, 0.2) is 0 Å². The fourth-order valence-corrected chi connectivity index (χ4v) is 2.51. The van der Waals surface area contributed by atoms with Crippen LogP contribution in [0.1, 0.15) is 18.2 Å². The molecule has 4 nitrogen and oxygen atoms in total. The van der Waals surface area contributed by atoms with Gasteiger partial charge >= 0.3 is 0 Å². The van der Waals surface area contributed by atoms with E-state index in [2.05, 4.69) is 48.1 Å². The molecule has 0 saturated heterocycles. The van der Waals surface area contributed by atoms with Crippen LogP contribution in [0.4, 0.5) is 5.69 Å². The van der Waals surface area contributed by atoms with E-state index in [9.17, 15) is 0 Å². The Kier molecular flexibility index (Phi) is 4.85. The molecule has 0 N–H and O–H groups in total. The largest absolute Gasteiger partial charge is 0.494 e. The van der Waals surface area contributed by atoms with E-state index in [0.29, 0.717) is 19.0 Å². The quantitative estimate of drug-likeness (QED) is 0.660. The molecule has 0 saturated carbocycles. The Bertz CT molecular complexity index is 776. The van der Waals surface area contributed by atoms with E-state index in [1.54, 1.807) is 6.26 Å². The molecule has 0 radical (unpaired) electrons. The number of rotatable bonds is 6. The molecule has 0 bridgehead atoms. The van der Waals surface area contributed by atoms with Gasteiger partial charge in [0.2, 0.25) is 5.89 Å². The first kappa shape index (κ1) is 16.1. The molecule has 0 aliphatic heterocycles. The molecule has 3 aromatic rings. The van der Waals surface area contributed by atoms with Crippen LogP contribution >= 0.6 is 0 Å². The Morgan fingerprint density at radius 2 is 1.75 bits per heavy atom. The van der Waals surface area contributed by atoms with Crippen LogP contribution in [0.25, 0.3) is 11.5 Å². The van der Waals surface area contributed by atoms with Gasteiger partial charge in [-0.2, -0.15) is 0 Å². The lowest BCUT2D eigenvalue weighted by Gasteiger charge is -2.17. The number of aromatic nitrogens is 1. The zero-order chi connectivity index (χ0) is 16.9. The summed E-state index contributed by atoms with van der Waals surface area (Å²) in [5.41, 5.74) is 4.27. The van der Waals surface area contributed by atoms with Crippen LogP contribution < -0.4 is 9.64 Å². The highest BCUT2D eigenvalue weighted by Crippen LogP contribution is 2.23. The summed E-state index contributed by atoms with van der Waals surface area (Å²) in [5, 5.41) is 0. The molecule has 1 heterocycles. The van der Waals surface area contributed by atoms with Gasteiger partial charge in [-0.3, -0.25) is 0 Å². The number of benzene rings is 2. The smallest absolute Gasteiger partial charge is 0.226 e. The van der Waals surface area contributed by atoms with Crippen LogP contribution in [0.2, 0.25) is 0 Å². The molecule has 0 spiro atoms. The standard InChI is InChI=1S/C20H22N2O2/c1-4-23-19-11-7-16(8-12-19)20-21-17(14-24-20)13-22(3)18-9-5-15(2)6-10-18/h5-12,14H,4,13H2,1-3H3. The Morgan fingerprint density at radius 3 is 2.42 bits per heavy atom. The SMILES string of the molecule is CCOc1ccc(-c2nc(CN(C)c3ccc(C)cc3)co2)cc1. The number of oxazole rings is 1. The van der Waals surface area contributed by atoms with Gasteiger partial charge in [0.1, 0.15) is 12.0 Å². The topological polar surface area (TPSA) is 38.5 Å². The first-order valence-electron chi connectivity index (χ1n) is 8.11. The third kappa shape index (κ3) is 3.77. The van der Waals surface area contributed by atoms with Crippen molar-refractivity contribution < 1.29 is 9.15 Å². The van der Waals surface area contributed by atoms with Crippen molar-refractivity contribution in [3.63, 3.8) is 0 Å². The molecule has 24 heavy (non-hydrogen) atoms. The van der Waals surface area contributed by atoms with E-state index in [4.69, 9.17) is 9.15 Å². The average Bonchev–Trinajstić information content (AvgIpc) is 3.05. The molecule has 0 aliphatic rings. The van der Waals surface area contributed by atoms with E-state index < -0.39 is 0 Å². The van der Waals surface area contributed by atoms with Gasteiger partial charge in [-0.15, -0.1) is 0 Å². The lowest BCUT2D eigenvalue weighted by Crippen LogP contribution is -2.16. The first-order valence-corrected chi connectivity index (χ1v) is 8.11. The number of nitrogens with zero attached hydrogens (tertiary/aromatic N) is 2. The second-order valence-corrected chi connectivity index (χ2v) is 5.79. The summed E-state index contributed by atoms with van der Waals surface area (Å²) in [6.07, 6.45) is 1.72. The molecule has 124 valence electrons. The van der Waals surface area contributed by atoms with E-state index in [0.717, 1.165) is 22.7 Å². The molecule has 0 unspecified atom stereocenters. The fraction of sp³-hybridized carbons (Fsp3) is 0.250. The molecular formula is C20H22N2O2. The van der Waals surface area contributed by atoms with Crippen LogP contribution in [-0.4, -0.2) is 18.6 Å². The maximum Gasteiger partial charge on any atom is 0.226 e. The van der Waals surface area contributed by atoms with Gasteiger partial charge in [-0.1, -0.05) is 17.7 Å². The highest BCUT2D eigenvalue weighted by Gasteiger charge is 2.09. The van der Waals surface area contributed by atoms with Crippen molar-refractivity contribution in [2.24, 2.45) is 0 Å². The van der Waals surface area contributed by atoms with Crippen molar-refractivity contribution in [1.82, 2.24) is 4.98 Å². The third-order valence-corrected chi connectivity index (χ3v) is 3.84. The maximum absolute atomic E-state index is 5.63. The molecule has 0 fully saturated rings. The molecular weight excluding hydrogens is 300 g/mol. The molecule has 2 aromatic carbocycles. The van der Waals surface area contributed by atoms with E-state index in [-0.39, 0.29) is 0 Å². The average molecular weight is 322 g/mol. The summed E-state index contributed by atoms with van der Waals surface area (Å²) >= 11 is 0. The van der Waals surface area contributed by atoms with Crippen LogP contribution in [-0.2, 0) is 6.54 Å². The van der Waals surface area contributed by atoms with Gasteiger partial charge < -0.3 is 14.1 Å². The van der Waals surface area contributed by atoms with Crippen LogP contribution in [0, 0.1) is 6.92 Å². The number of hydrogen-bond donors (Lipinski definition) is 0. The van der Waals surface area contributed by atoms with Crippen molar-refractivity contribution in [2.75, 3.05) is 18.6 Å². The lowest BCUT2D eigenvalue weighted by molar-refractivity contribution is 0.340. The number of aryl methyl sites for hydroxylation is 1. The Labute approximate surface area is 142 Å². The van der Waals surface area contributed by atoms with Gasteiger partial charge in [0.05, 0.1) is 18.8 Å². The first-order chi connectivity index (χ1) is 11.7. The van der Waals surface area contributed by atoms with Gasteiger partial charge in [0.25, 0.3) is 0 Å². The maximum atomic E-state index is 5.63. The summed E-state index contributed by atoms with van der Waals surface area (Å²) in [6, 6.07) is 16.2. The minimum atomic E-state index is 0.630. The number of anilines is 1. The summed E-state index contributed by atoms with van der Waals surface area (Å²) in [5.74, 6) is 1.48. The predicted molar refractivity (Wildman–Crippen MR) is 96.4 cm³/mol. The highest BCUT2D eigenvalue weighted by atomic mass is 16.5. The Balaban J connectivity index is 1.69. The number of ether oxygens (including phenoxy) is 1. The predicted octanol–water partition coefficient (Wildman–Crippen LogP) is 4.69. The summed E-state index contributed by atoms with van der Waals surface area (Å²) in [4.78, 5) is 6.74. The van der Waals surface area contributed by atoms with Gasteiger partial charge in [0, 0.05) is 18.3 Å². The van der Waals surface area contributed by atoms with Gasteiger partial charge in [-0.05, 0) is 50.2 Å². The monoisotopic (exact) mass is 322 g/mol. The minimum absolute atomic E-state index is 0.630. The Morgan fingerprint density at radius 1 is 1.04 bits per heavy atom. The van der Waals surface area contributed by atoms with Crippen molar-refractivity contribution in [3.05, 3.63) is 66.1 Å². The van der Waals surface area contributed by atoms with E-state index in [1.165, 1.54) is 5.56 Å². The zero-order valence-electron chi connectivity index (χ0n) is 14.3. The summed E-state index contributed by atoms with van der Waals surface area (Å²) in [6.45, 7) is 5.42. The van der Waals surface area contributed by atoms with Gasteiger partial charge in [-0.25, -0.2) is 4.98 Å². The van der Waals surface area contributed by atoms with Crippen molar-refractivity contribution in [3.8, 4) is 17.2 Å². The third-order valence-electron chi connectivity index (χ3n) is 3.84. The van der Waals surface area contributed by atoms with E-state index >= 15 is 0 Å². The minimum Gasteiger partial charge on any atom is -0.494 e. The van der Waals surface area contributed by atoms with Crippen molar-refractivity contribution in [1.29, 1.82) is 0 Å². The van der Waals surface area contributed by atoms with Crippen LogP contribution in [0.15, 0.2) is 59.2 Å². The van der Waals surface area contributed by atoms with Crippen molar-refractivity contribution >= 4 is 5.69 Å².